The van der Waals surface area contributed by atoms with Crippen LogP contribution in [0.25, 0.3) is 11.4 Å². The zero-order valence-corrected chi connectivity index (χ0v) is 11.7. The molecule has 1 N–H and O–H groups in total. The zero-order chi connectivity index (χ0) is 14.2. The second-order valence-corrected chi connectivity index (χ2v) is 5.87. The van der Waals surface area contributed by atoms with E-state index in [4.69, 9.17) is 0 Å². The first-order valence-corrected chi connectivity index (χ1v) is 7.50. The van der Waals surface area contributed by atoms with Gasteiger partial charge < -0.3 is 5.32 Å². The summed E-state index contributed by atoms with van der Waals surface area (Å²) in [5.41, 5.74) is 1.81. The molecule has 2 aliphatic carbocycles. The second kappa shape index (κ2) is 4.95. The van der Waals surface area contributed by atoms with Crippen LogP contribution in [0.15, 0.2) is 24.3 Å². The summed E-state index contributed by atoms with van der Waals surface area (Å²) in [5.74, 6) is 1.14. The lowest BCUT2D eigenvalue weighted by atomic mass is 9.85. The molecule has 1 amide bonds. The molecule has 21 heavy (non-hydrogen) atoms. The molecule has 0 spiro atoms. The molecule has 2 aliphatic rings. The smallest absolute Gasteiger partial charge is 0.227 e. The maximum Gasteiger partial charge on any atom is 0.227 e. The number of nitrogens with zero attached hydrogens (tertiary/aromatic N) is 4. The minimum atomic E-state index is 0.136. The van der Waals surface area contributed by atoms with Gasteiger partial charge in [0.25, 0.3) is 0 Å². The fraction of sp³-hybridized carbons (Fsp3) is 0.467. The van der Waals surface area contributed by atoms with E-state index in [0.29, 0.717) is 6.04 Å². The van der Waals surface area contributed by atoms with Crippen LogP contribution in [-0.2, 0) is 4.79 Å². The number of hydrogen-bond donors (Lipinski definition) is 1. The molecule has 6 nitrogen and oxygen atoms in total. The van der Waals surface area contributed by atoms with Crippen molar-refractivity contribution in [2.24, 2.45) is 5.92 Å². The van der Waals surface area contributed by atoms with Crippen molar-refractivity contribution in [1.29, 1.82) is 0 Å². The summed E-state index contributed by atoms with van der Waals surface area (Å²) in [6.45, 7) is 0. The number of carbonyl (C=O) groups excluding carboxylic acids is 1. The molecule has 1 heterocycles. The largest absolute Gasteiger partial charge is 0.326 e. The molecule has 0 saturated heterocycles. The van der Waals surface area contributed by atoms with Gasteiger partial charge >= 0.3 is 0 Å². The number of aromatic nitrogens is 4. The molecule has 0 bridgehead atoms. The van der Waals surface area contributed by atoms with E-state index >= 15 is 0 Å². The molecule has 1 aromatic carbocycles. The van der Waals surface area contributed by atoms with Crippen molar-refractivity contribution < 1.29 is 4.79 Å². The van der Waals surface area contributed by atoms with Crippen LogP contribution >= 0.6 is 0 Å². The predicted molar refractivity (Wildman–Crippen MR) is 77.5 cm³/mol. The molecule has 2 fully saturated rings. The van der Waals surface area contributed by atoms with Crippen LogP contribution in [0.3, 0.4) is 0 Å². The van der Waals surface area contributed by atoms with E-state index in [0.717, 1.165) is 42.8 Å². The van der Waals surface area contributed by atoms with E-state index in [1.807, 2.05) is 28.9 Å². The molecular weight excluding hydrogens is 266 g/mol. The van der Waals surface area contributed by atoms with Crippen molar-refractivity contribution in [2.45, 2.75) is 38.1 Å². The Balaban J connectivity index is 1.50. The highest BCUT2D eigenvalue weighted by molar-refractivity contribution is 5.93. The highest BCUT2D eigenvalue weighted by Crippen LogP contribution is 2.36. The fourth-order valence-electron chi connectivity index (χ4n) is 2.57. The monoisotopic (exact) mass is 283 g/mol. The van der Waals surface area contributed by atoms with Gasteiger partial charge in [-0.1, -0.05) is 6.42 Å². The minimum absolute atomic E-state index is 0.136. The maximum atomic E-state index is 11.9. The molecule has 0 unspecified atom stereocenters. The molecule has 0 radical (unpaired) electrons. The van der Waals surface area contributed by atoms with Crippen LogP contribution in [-0.4, -0.2) is 26.1 Å². The molecule has 2 aromatic rings. The summed E-state index contributed by atoms with van der Waals surface area (Å²) in [7, 11) is 0. The minimum Gasteiger partial charge on any atom is -0.326 e. The van der Waals surface area contributed by atoms with Crippen molar-refractivity contribution in [3.8, 4) is 11.4 Å². The first-order valence-electron chi connectivity index (χ1n) is 7.50. The maximum absolute atomic E-state index is 11.9. The van der Waals surface area contributed by atoms with Crippen LogP contribution in [0.2, 0.25) is 0 Å². The van der Waals surface area contributed by atoms with Crippen LogP contribution < -0.4 is 5.32 Å². The van der Waals surface area contributed by atoms with Gasteiger partial charge in [0.1, 0.15) is 0 Å². The Morgan fingerprint density at radius 2 is 1.90 bits per heavy atom. The summed E-state index contributed by atoms with van der Waals surface area (Å²) in [4.78, 5) is 11.9. The third kappa shape index (κ3) is 2.41. The lowest BCUT2D eigenvalue weighted by Gasteiger charge is -2.24. The summed E-state index contributed by atoms with van der Waals surface area (Å²) in [6, 6.07) is 8.20. The summed E-state index contributed by atoms with van der Waals surface area (Å²) in [6.07, 6.45) is 5.49. The van der Waals surface area contributed by atoms with Crippen LogP contribution in [0, 0.1) is 5.92 Å². The summed E-state index contributed by atoms with van der Waals surface area (Å²) < 4.78 is 1.89. The molecule has 0 atom stereocenters. The predicted octanol–water partition coefficient (Wildman–Crippen LogP) is 2.41. The van der Waals surface area contributed by atoms with Crippen molar-refractivity contribution in [3.05, 3.63) is 24.3 Å². The van der Waals surface area contributed by atoms with Crippen molar-refractivity contribution in [3.63, 3.8) is 0 Å². The fourth-order valence-corrected chi connectivity index (χ4v) is 2.57. The third-order valence-electron chi connectivity index (χ3n) is 4.27. The quantitative estimate of drug-likeness (QED) is 0.935. The van der Waals surface area contributed by atoms with Gasteiger partial charge in [0.05, 0.1) is 6.04 Å². The average molecular weight is 283 g/mol. The summed E-state index contributed by atoms with van der Waals surface area (Å²) in [5, 5.41) is 14.9. The normalized spacial score (nSPS) is 18.3. The van der Waals surface area contributed by atoms with E-state index in [9.17, 15) is 4.79 Å². The van der Waals surface area contributed by atoms with E-state index < -0.39 is 0 Å². The Bertz CT molecular complexity index is 655. The molecule has 0 aliphatic heterocycles. The highest BCUT2D eigenvalue weighted by Gasteiger charge is 2.28. The highest BCUT2D eigenvalue weighted by atomic mass is 16.1. The molecule has 1 aromatic heterocycles. The lowest BCUT2D eigenvalue weighted by Crippen LogP contribution is -2.27. The third-order valence-corrected chi connectivity index (χ3v) is 4.27. The van der Waals surface area contributed by atoms with Crippen molar-refractivity contribution >= 4 is 11.6 Å². The van der Waals surface area contributed by atoms with E-state index in [2.05, 4.69) is 20.8 Å². The second-order valence-electron chi connectivity index (χ2n) is 5.87. The SMILES string of the molecule is O=C(Nc1ccc(-c2nnnn2C2CC2)cc1)C1CCC1. The van der Waals surface area contributed by atoms with E-state index in [-0.39, 0.29) is 11.8 Å². The van der Waals surface area contributed by atoms with Crippen LogP contribution in [0.5, 0.6) is 0 Å². The van der Waals surface area contributed by atoms with Gasteiger partial charge in [-0.2, -0.15) is 0 Å². The van der Waals surface area contributed by atoms with Crippen molar-refractivity contribution in [1.82, 2.24) is 20.2 Å². The van der Waals surface area contributed by atoms with E-state index in [1.54, 1.807) is 0 Å². The van der Waals surface area contributed by atoms with Crippen molar-refractivity contribution in [2.75, 3.05) is 5.32 Å². The zero-order valence-electron chi connectivity index (χ0n) is 11.7. The van der Waals surface area contributed by atoms with Gasteiger partial charge in [0, 0.05) is 17.2 Å². The summed E-state index contributed by atoms with van der Waals surface area (Å²) >= 11 is 0. The number of amides is 1. The average Bonchev–Trinajstić information content (AvgIpc) is 3.15. The van der Waals surface area contributed by atoms with Gasteiger partial charge in [0.15, 0.2) is 5.82 Å². The first-order chi connectivity index (χ1) is 10.3. The van der Waals surface area contributed by atoms with Gasteiger partial charge in [0.2, 0.25) is 5.91 Å². The number of tetrazole rings is 1. The Hall–Kier alpha value is -2.24. The lowest BCUT2D eigenvalue weighted by molar-refractivity contribution is -0.122. The number of anilines is 1. The molecule has 108 valence electrons. The Morgan fingerprint density at radius 1 is 1.14 bits per heavy atom. The molecule has 4 rings (SSSR count). The van der Waals surface area contributed by atoms with Gasteiger partial charge in [-0.25, -0.2) is 4.68 Å². The topological polar surface area (TPSA) is 72.7 Å². The molecule has 6 heteroatoms. The van der Waals surface area contributed by atoms with Gasteiger partial charge in [-0.15, -0.1) is 5.10 Å². The van der Waals surface area contributed by atoms with Gasteiger partial charge in [-0.3, -0.25) is 4.79 Å². The Morgan fingerprint density at radius 3 is 2.52 bits per heavy atom. The number of carbonyl (C=O) groups is 1. The Labute approximate surface area is 122 Å². The van der Waals surface area contributed by atoms with Crippen LogP contribution in [0.4, 0.5) is 5.69 Å². The Kier molecular flexibility index (Phi) is 2.94. The number of nitrogens with one attached hydrogen (secondary N) is 1. The van der Waals surface area contributed by atoms with Gasteiger partial charge in [-0.05, 0) is 60.4 Å². The van der Waals surface area contributed by atoms with E-state index in [1.165, 1.54) is 6.42 Å². The molecule has 2 saturated carbocycles. The number of rotatable bonds is 4. The standard InChI is InChI=1S/C15H17N5O/c21-15(11-2-1-3-11)16-12-6-4-10(5-7-12)14-17-18-19-20(14)13-8-9-13/h4-7,11,13H,1-3,8-9H2,(H,16,21). The first kappa shape index (κ1) is 12.5. The number of benzene rings is 1. The van der Waals surface area contributed by atoms with Crippen LogP contribution in [0.1, 0.15) is 38.1 Å². The molecular formula is C15H17N5O. The number of hydrogen-bond acceptors (Lipinski definition) is 4.